The SMILES string of the molecule is CN=C(NCCc1cn2ccccc2n1)N(C)CC1CCOC1. The Bertz CT molecular complexity index is 627. The number of imidazole rings is 1. The highest BCUT2D eigenvalue weighted by molar-refractivity contribution is 5.79. The van der Waals surface area contributed by atoms with Gasteiger partial charge in [-0.1, -0.05) is 6.07 Å². The summed E-state index contributed by atoms with van der Waals surface area (Å²) >= 11 is 0. The van der Waals surface area contributed by atoms with Gasteiger partial charge in [0.05, 0.1) is 12.3 Å². The van der Waals surface area contributed by atoms with Crippen LogP contribution in [0, 0.1) is 5.92 Å². The molecule has 1 aliphatic rings. The Labute approximate surface area is 137 Å². The lowest BCUT2D eigenvalue weighted by atomic mass is 10.1. The van der Waals surface area contributed by atoms with E-state index < -0.39 is 0 Å². The molecule has 1 N–H and O–H groups in total. The molecule has 1 unspecified atom stereocenters. The molecule has 1 saturated heterocycles. The molecular formula is C17H25N5O. The van der Waals surface area contributed by atoms with Crippen molar-refractivity contribution < 1.29 is 4.74 Å². The largest absolute Gasteiger partial charge is 0.381 e. The zero-order chi connectivity index (χ0) is 16.1. The highest BCUT2D eigenvalue weighted by atomic mass is 16.5. The highest BCUT2D eigenvalue weighted by Gasteiger charge is 2.18. The molecule has 6 nitrogen and oxygen atoms in total. The normalized spacial score (nSPS) is 18.5. The molecule has 2 aromatic heterocycles. The van der Waals surface area contributed by atoms with E-state index in [1.807, 2.05) is 31.4 Å². The van der Waals surface area contributed by atoms with Crippen LogP contribution in [-0.2, 0) is 11.2 Å². The fraction of sp³-hybridized carbons (Fsp3) is 0.529. The lowest BCUT2D eigenvalue weighted by Crippen LogP contribution is -2.42. The first-order valence-corrected chi connectivity index (χ1v) is 8.18. The predicted molar refractivity (Wildman–Crippen MR) is 91.8 cm³/mol. The number of fused-ring (bicyclic) bond motifs is 1. The highest BCUT2D eigenvalue weighted by Crippen LogP contribution is 2.13. The average molecular weight is 315 g/mol. The Kier molecular flexibility index (Phi) is 5.12. The summed E-state index contributed by atoms with van der Waals surface area (Å²) < 4.78 is 7.49. The average Bonchev–Trinajstić information content (AvgIpc) is 3.20. The second-order valence-corrected chi connectivity index (χ2v) is 6.03. The summed E-state index contributed by atoms with van der Waals surface area (Å²) in [6, 6.07) is 6.04. The van der Waals surface area contributed by atoms with Gasteiger partial charge in [-0.15, -0.1) is 0 Å². The number of guanidine groups is 1. The van der Waals surface area contributed by atoms with Gasteiger partial charge in [0.25, 0.3) is 0 Å². The smallest absolute Gasteiger partial charge is 0.193 e. The Morgan fingerprint density at radius 3 is 3.17 bits per heavy atom. The standard InChI is InChI=1S/C17H25N5O/c1-18-17(21(2)11-14-7-10-23-13-14)19-8-6-15-12-22-9-4-3-5-16(22)20-15/h3-5,9,12,14H,6-8,10-11,13H2,1-2H3,(H,18,19). The molecule has 0 aliphatic carbocycles. The third-order valence-electron chi connectivity index (χ3n) is 4.21. The molecule has 6 heteroatoms. The van der Waals surface area contributed by atoms with Crippen molar-refractivity contribution in [3.63, 3.8) is 0 Å². The van der Waals surface area contributed by atoms with E-state index in [2.05, 4.69) is 37.8 Å². The van der Waals surface area contributed by atoms with Gasteiger partial charge in [-0.2, -0.15) is 0 Å². The molecule has 124 valence electrons. The summed E-state index contributed by atoms with van der Waals surface area (Å²) in [5.41, 5.74) is 2.08. The van der Waals surface area contributed by atoms with Crippen LogP contribution in [0.1, 0.15) is 12.1 Å². The van der Waals surface area contributed by atoms with Gasteiger partial charge >= 0.3 is 0 Å². The van der Waals surface area contributed by atoms with Gasteiger partial charge in [0, 0.05) is 58.5 Å². The van der Waals surface area contributed by atoms with Gasteiger partial charge in [-0.25, -0.2) is 4.98 Å². The van der Waals surface area contributed by atoms with E-state index in [0.29, 0.717) is 5.92 Å². The van der Waals surface area contributed by atoms with E-state index in [9.17, 15) is 0 Å². The number of nitrogens with one attached hydrogen (secondary N) is 1. The molecule has 0 saturated carbocycles. The van der Waals surface area contributed by atoms with Gasteiger partial charge in [-0.3, -0.25) is 4.99 Å². The Morgan fingerprint density at radius 1 is 1.52 bits per heavy atom. The molecule has 3 heterocycles. The molecule has 0 bridgehead atoms. The quantitative estimate of drug-likeness (QED) is 0.670. The number of nitrogens with zero attached hydrogens (tertiary/aromatic N) is 4. The van der Waals surface area contributed by atoms with E-state index in [0.717, 1.165) is 56.4 Å². The summed E-state index contributed by atoms with van der Waals surface area (Å²) in [7, 11) is 3.91. The predicted octanol–water partition coefficient (Wildman–Crippen LogP) is 1.42. The number of ether oxygens (including phenoxy) is 1. The molecule has 0 radical (unpaired) electrons. The first-order chi connectivity index (χ1) is 11.3. The maximum atomic E-state index is 5.44. The minimum absolute atomic E-state index is 0.608. The summed E-state index contributed by atoms with van der Waals surface area (Å²) in [5.74, 6) is 1.54. The van der Waals surface area contributed by atoms with Gasteiger partial charge in [0.1, 0.15) is 5.65 Å². The molecule has 0 spiro atoms. The van der Waals surface area contributed by atoms with Crippen LogP contribution in [-0.4, -0.2) is 60.6 Å². The van der Waals surface area contributed by atoms with Crippen LogP contribution in [0.15, 0.2) is 35.6 Å². The van der Waals surface area contributed by atoms with Crippen molar-refractivity contribution in [3.05, 3.63) is 36.3 Å². The monoisotopic (exact) mass is 315 g/mol. The zero-order valence-electron chi connectivity index (χ0n) is 13.9. The second-order valence-electron chi connectivity index (χ2n) is 6.03. The molecule has 2 aromatic rings. The third kappa shape index (κ3) is 4.01. The molecular weight excluding hydrogens is 290 g/mol. The van der Waals surface area contributed by atoms with Crippen LogP contribution in [0.25, 0.3) is 5.65 Å². The molecule has 1 aliphatic heterocycles. The van der Waals surface area contributed by atoms with Gasteiger partial charge < -0.3 is 19.4 Å². The summed E-state index contributed by atoms with van der Waals surface area (Å²) in [4.78, 5) is 11.2. The zero-order valence-corrected chi connectivity index (χ0v) is 13.9. The van der Waals surface area contributed by atoms with Crippen molar-refractivity contribution in [2.45, 2.75) is 12.8 Å². The maximum Gasteiger partial charge on any atom is 0.193 e. The first-order valence-electron chi connectivity index (χ1n) is 8.18. The topological polar surface area (TPSA) is 54.2 Å². The number of aromatic nitrogens is 2. The molecule has 23 heavy (non-hydrogen) atoms. The lowest BCUT2D eigenvalue weighted by molar-refractivity contribution is 0.181. The number of hydrogen-bond donors (Lipinski definition) is 1. The van der Waals surface area contributed by atoms with E-state index in [4.69, 9.17) is 4.74 Å². The minimum Gasteiger partial charge on any atom is -0.381 e. The number of hydrogen-bond acceptors (Lipinski definition) is 3. The molecule has 1 atom stereocenters. The third-order valence-corrected chi connectivity index (χ3v) is 4.21. The van der Waals surface area contributed by atoms with Gasteiger partial charge in [0.2, 0.25) is 0 Å². The Hall–Kier alpha value is -2.08. The Morgan fingerprint density at radius 2 is 2.43 bits per heavy atom. The molecule has 0 aromatic carbocycles. The van der Waals surface area contributed by atoms with Crippen LogP contribution in [0.2, 0.25) is 0 Å². The van der Waals surface area contributed by atoms with Crippen LogP contribution in [0.3, 0.4) is 0 Å². The van der Waals surface area contributed by atoms with Gasteiger partial charge in [-0.05, 0) is 18.6 Å². The van der Waals surface area contributed by atoms with Crippen molar-refractivity contribution in [1.29, 1.82) is 0 Å². The summed E-state index contributed by atoms with van der Waals surface area (Å²) in [6.07, 6.45) is 6.12. The van der Waals surface area contributed by atoms with E-state index in [1.165, 1.54) is 0 Å². The van der Waals surface area contributed by atoms with Crippen LogP contribution in [0.4, 0.5) is 0 Å². The van der Waals surface area contributed by atoms with E-state index in [1.54, 1.807) is 0 Å². The minimum atomic E-state index is 0.608. The van der Waals surface area contributed by atoms with Crippen molar-refractivity contribution in [2.75, 3.05) is 40.4 Å². The van der Waals surface area contributed by atoms with E-state index in [-0.39, 0.29) is 0 Å². The number of aliphatic imine (C=N–C) groups is 1. The lowest BCUT2D eigenvalue weighted by Gasteiger charge is -2.24. The summed E-state index contributed by atoms with van der Waals surface area (Å²) in [6.45, 7) is 3.55. The molecule has 0 amide bonds. The van der Waals surface area contributed by atoms with Gasteiger partial charge in [0.15, 0.2) is 5.96 Å². The summed E-state index contributed by atoms with van der Waals surface area (Å²) in [5, 5.41) is 3.42. The molecule has 1 fully saturated rings. The van der Waals surface area contributed by atoms with Crippen LogP contribution < -0.4 is 5.32 Å². The maximum absolute atomic E-state index is 5.44. The van der Waals surface area contributed by atoms with Crippen LogP contribution >= 0.6 is 0 Å². The van der Waals surface area contributed by atoms with Crippen molar-refractivity contribution in [2.24, 2.45) is 10.9 Å². The van der Waals surface area contributed by atoms with Crippen LogP contribution in [0.5, 0.6) is 0 Å². The van der Waals surface area contributed by atoms with E-state index >= 15 is 0 Å². The number of pyridine rings is 1. The Balaban J connectivity index is 1.49. The van der Waals surface area contributed by atoms with Crippen molar-refractivity contribution >= 4 is 11.6 Å². The fourth-order valence-corrected chi connectivity index (χ4v) is 3.00. The first kappa shape index (κ1) is 15.8. The number of rotatable bonds is 5. The second kappa shape index (κ2) is 7.46. The van der Waals surface area contributed by atoms with Crippen molar-refractivity contribution in [3.8, 4) is 0 Å². The fourth-order valence-electron chi connectivity index (χ4n) is 3.00. The van der Waals surface area contributed by atoms with Crippen molar-refractivity contribution in [1.82, 2.24) is 19.6 Å². The molecule has 3 rings (SSSR count).